The van der Waals surface area contributed by atoms with Crippen molar-refractivity contribution in [3.63, 3.8) is 0 Å². The van der Waals surface area contributed by atoms with Crippen molar-refractivity contribution < 1.29 is 9.21 Å². The Morgan fingerprint density at radius 3 is 2.59 bits per heavy atom. The molecule has 2 N–H and O–H groups in total. The number of nitrogens with zero attached hydrogens (tertiary/aromatic N) is 1. The van der Waals surface area contributed by atoms with Gasteiger partial charge in [-0.25, -0.2) is 4.98 Å². The summed E-state index contributed by atoms with van der Waals surface area (Å²) < 4.78 is 5.96. The Hall–Kier alpha value is -2.64. The number of anilines is 1. The van der Waals surface area contributed by atoms with Crippen molar-refractivity contribution in [2.75, 3.05) is 5.32 Å². The number of carbonyl (C=O) groups excluding carboxylic acids is 1. The maximum Gasteiger partial charge on any atom is 0.258 e. The average Bonchev–Trinajstić information content (AvgIpc) is 3.23. The number of thiocarbonyl (C=S) groups is 1. The fraction of sp³-hybridized carbons (Fsp3) is 0.160. The van der Waals surface area contributed by atoms with Gasteiger partial charge in [0.15, 0.2) is 10.7 Å². The number of hydrogen-bond donors (Lipinski definition) is 2. The van der Waals surface area contributed by atoms with E-state index in [0.717, 1.165) is 11.9 Å². The third kappa shape index (κ3) is 5.36. The highest BCUT2D eigenvalue weighted by atomic mass is 35.5. The molecule has 4 rings (SSSR count). The van der Waals surface area contributed by atoms with Crippen molar-refractivity contribution in [3.8, 4) is 11.5 Å². The second kappa shape index (κ2) is 10.3. The lowest BCUT2D eigenvalue weighted by Crippen LogP contribution is -2.34. The van der Waals surface area contributed by atoms with Crippen LogP contribution in [0.2, 0.25) is 15.1 Å². The molecule has 0 saturated heterocycles. The van der Waals surface area contributed by atoms with Crippen LogP contribution in [0.3, 0.4) is 0 Å². The van der Waals surface area contributed by atoms with E-state index in [4.69, 9.17) is 51.4 Å². The molecule has 34 heavy (non-hydrogen) atoms. The van der Waals surface area contributed by atoms with Gasteiger partial charge in [-0.2, -0.15) is 0 Å². The maximum absolute atomic E-state index is 12.5. The highest BCUT2D eigenvalue weighted by Crippen LogP contribution is 2.32. The summed E-state index contributed by atoms with van der Waals surface area (Å²) in [5, 5.41) is 6.67. The van der Waals surface area contributed by atoms with Crippen LogP contribution in [0.25, 0.3) is 22.6 Å². The van der Waals surface area contributed by atoms with E-state index in [2.05, 4.69) is 41.6 Å². The van der Waals surface area contributed by atoms with Crippen molar-refractivity contribution in [3.05, 3.63) is 80.8 Å². The third-order valence-electron chi connectivity index (χ3n) is 5.46. The van der Waals surface area contributed by atoms with Gasteiger partial charge in [-0.05, 0) is 78.7 Å². The molecule has 4 aromatic rings. The quantitative estimate of drug-likeness (QED) is 0.254. The second-order valence-electron chi connectivity index (χ2n) is 7.78. The van der Waals surface area contributed by atoms with Crippen LogP contribution in [0.15, 0.2) is 59.0 Å². The number of amides is 1. The SMILES string of the molecule is CCC(C)c1ccc2oc(-c3ccc(Cl)c(NC(=S)NC(=O)c4ccc(Cl)cc4Cl)c3)nc2c1. The summed E-state index contributed by atoms with van der Waals surface area (Å²) in [5.41, 5.74) is 4.17. The first kappa shape index (κ1) is 24.5. The molecule has 1 amide bonds. The molecule has 0 fully saturated rings. The number of halogens is 3. The predicted octanol–water partition coefficient (Wildman–Crippen LogP) is 8.10. The smallest absolute Gasteiger partial charge is 0.258 e. The molecule has 0 aliphatic carbocycles. The van der Waals surface area contributed by atoms with E-state index in [-0.39, 0.29) is 15.7 Å². The molecule has 0 aliphatic rings. The van der Waals surface area contributed by atoms with Crippen LogP contribution in [-0.4, -0.2) is 16.0 Å². The Bertz CT molecular complexity index is 1400. The topological polar surface area (TPSA) is 67.2 Å². The van der Waals surface area contributed by atoms with Gasteiger partial charge in [-0.3, -0.25) is 10.1 Å². The molecule has 0 saturated carbocycles. The monoisotopic (exact) mass is 531 g/mol. The van der Waals surface area contributed by atoms with Gasteiger partial charge in [-0.1, -0.05) is 54.7 Å². The number of aromatic nitrogens is 1. The zero-order valence-corrected chi connectivity index (χ0v) is 21.4. The zero-order valence-electron chi connectivity index (χ0n) is 18.3. The normalized spacial score (nSPS) is 11.9. The van der Waals surface area contributed by atoms with Gasteiger partial charge in [0.1, 0.15) is 5.52 Å². The van der Waals surface area contributed by atoms with Crippen molar-refractivity contribution >= 4 is 74.8 Å². The molecular formula is C25H20Cl3N3O2S. The van der Waals surface area contributed by atoms with Crippen LogP contribution < -0.4 is 10.6 Å². The van der Waals surface area contributed by atoms with Crippen LogP contribution >= 0.6 is 47.0 Å². The van der Waals surface area contributed by atoms with Gasteiger partial charge in [0.25, 0.3) is 5.91 Å². The molecule has 1 aromatic heterocycles. The number of nitrogens with one attached hydrogen (secondary N) is 2. The fourth-order valence-electron chi connectivity index (χ4n) is 3.36. The molecule has 0 bridgehead atoms. The summed E-state index contributed by atoms with van der Waals surface area (Å²) in [6, 6.07) is 15.9. The molecule has 1 unspecified atom stereocenters. The Kier molecular flexibility index (Phi) is 7.43. The first-order chi connectivity index (χ1) is 16.2. The minimum Gasteiger partial charge on any atom is -0.436 e. The molecule has 0 aliphatic heterocycles. The van der Waals surface area contributed by atoms with Gasteiger partial charge in [0.2, 0.25) is 5.89 Å². The van der Waals surface area contributed by atoms with Crippen LogP contribution in [0.1, 0.15) is 42.1 Å². The maximum atomic E-state index is 12.5. The summed E-state index contributed by atoms with van der Waals surface area (Å²) in [5.74, 6) is 0.427. The lowest BCUT2D eigenvalue weighted by atomic mass is 9.98. The predicted molar refractivity (Wildman–Crippen MR) is 143 cm³/mol. The number of benzene rings is 3. The Morgan fingerprint density at radius 1 is 1.06 bits per heavy atom. The van der Waals surface area contributed by atoms with Crippen LogP contribution in [0.5, 0.6) is 0 Å². The van der Waals surface area contributed by atoms with E-state index in [1.54, 1.807) is 18.2 Å². The second-order valence-corrected chi connectivity index (χ2v) is 9.44. The number of fused-ring (bicyclic) bond motifs is 1. The van der Waals surface area contributed by atoms with E-state index in [1.807, 2.05) is 12.1 Å². The lowest BCUT2D eigenvalue weighted by molar-refractivity contribution is 0.0978. The Balaban J connectivity index is 1.54. The van der Waals surface area contributed by atoms with Gasteiger partial charge in [0.05, 0.1) is 21.3 Å². The summed E-state index contributed by atoms with van der Waals surface area (Å²) in [6.07, 6.45) is 1.04. The van der Waals surface area contributed by atoms with Crippen LogP contribution in [0.4, 0.5) is 5.69 Å². The number of rotatable bonds is 5. The average molecular weight is 533 g/mol. The standard InChI is InChI=1S/C25H20Cl3N3O2S/c1-3-13(2)14-5-9-22-21(10-14)29-24(33-22)15-4-8-18(27)20(11-15)30-25(34)31-23(32)17-7-6-16(26)12-19(17)28/h4-13H,3H2,1-2H3,(H2,30,31,32,34). The van der Waals surface area contributed by atoms with E-state index in [0.29, 0.717) is 38.7 Å². The highest BCUT2D eigenvalue weighted by Gasteiger charge is 2.15. The lowest BCUT2D eigenvalue weighted by Gasteiger charge is -2.12. The molecule has 1 heterocycles. The summed E-state index contributed by atoms with van der Waals surface area (Å²) in [7, 11) is 0. The van der Waals surface area contributed by atoms with Gasteiger partial charge < -0.3 is 9.73 Å². The first-order valence-electron chi connectivity index (χ1n) is 10.5. The van der Waals surface area contributed by atoms with Crippen LogP contribution in [-0.2, 0) is 0 Å². The Labute approximate surface area is 217 Å². The first-order valence-corrected chi connectivity index (χ1v) is 12.1. The van der Waals surface area contributed by atoms with E-state index in [1.165, 1.54) is 17.7 Å². The van der Waals surface area contributed by atoms with Crippen molar-refractivity contribution in [1.82, 2.24) is 10.3 Å². The Morgan fingerprint density at radius 2 is 1.85 bits per heavy atom. The molecule has 9 heteroatoms. The summed E-state index contributed by atoms with van der Waals surface area (Å²) >= 11 is 23.6. The van der Waals surface area contributed by atoms with E-state index in [9.17, 15) is 4.79 Å². The molecule has 174 valence electrons. The fourth-order valence-corrected chi connectivity index (χ4v) is 4.22. The van der Waals surface area contributed by atoms with Gasteiger partial charge in [0, 0.05) is 10.6 Å². The van der Waals surface area contributed by atoms with Crippen molar-refractivity contribution in [2.24, 2.45) is 0 Å². The molecular weight excluding hydrogens is 513 g/mol. The minimum atomic E-state index is -0.470. The van der Waals surface area contributed by atoms with E-state index >= 15 is 0 Å². The summed E-state index contributed by atoms with van der Waals surface area (Å²) in [4.78, 5) is 17.2. The number of carbonyl (C=O) groups is 1. The highest BCUT2D eigenvalue weighted by molar-refractivity contribution is 7.80. The van der Waals surface area contributed by atoms with Crippen LogP contribution in [0, 0.1) is 0 Å². The minimum absolute atomic E-state index is 0.0610. The zero-order chi connectivity index (χ0) is 24.4. The van der Waals surface area contributed by atoms with Gasteiger partial charge in [-0.15, -0.1) is 0 Å². The van der Waals surface area contributed by atoms with Crippen molar-refractivity contribution in [2.45, 2.75) is 26.2 Å². The third-order valence-corrected chi connectivity index (χ3v) is 6.54. The molecule has 1 atom stereocenters. The largest absolute Gasteiger partial charge is 0.436 e. The van der Waals surface area contributed by atoms with Gasteiger partial charge >= 0.3 is 0 Å². The molecule has 3 aromatic carbocycles. The molecule has 5 nitrogen and oxygen atoms in total. The molecule has 0 radical (unpaired) electrons. The van der Waals surface area contributed by atoms with Crippen molar-refractivity contribution in [1.29, 1.82) is 0 Å². The number of oxazole rings is 1. The number of hydrogen-bond acceptors (Lipinski definition) is 4. The van der Waals surface area contributed by atoms with E-state index < -0.39 is 5.91 Å². The molecule has 0 spiro atoms. The summed E-state index contributed by atoms with van der Waals surface area (Å²) in [6.45, 7) is 4.34.